The highest BCUT2D eigenvalue weighted by Crippen LogP contribution is 2.41. The van der Waals surface area contributed by atoms with E-state index in [9.17, 15) is 9.59 Å². The summed E-state index contributed by atoms with van der Waals surface area (Å²) in [5.74, 6) is 0.883. The lowest BCUT2D eigenvalue weighted by Crippen LogP contribution is -2.24. The summed E-state index contributed by atoms with van der Waals surface area (Å²) in [6.07, 6.45) is 0.856. The molecule has 0 atom stereocenters. The first-order chi connectivity index (χ1) is 15.3. The van der Waals surface area contributed by atoms with Crippen LogP contribution >= 0.6 is 0 Å². The summed E-state index contributed by atoms with van der Waals surface area (Å²) in [5, 5.41) is 2.82. The summed E-state index contributed by atoms with van der Waals surface area (Å²) < 4.78 is 16.7. The third-order valence-corrected chi connectivity index (χ3v) is 5.23. The van der Waals surface area contributed by atoms with Gasteiger partial charge in [0, 0.05) is 23.2 Å². The number of rotatable bonds is 6. The SMILES string of the molecule is COC(=O)c1ccc(NC(=O)c2ccc(COc3cccc4c3OC(C)(C)C4)cc2)cc1. The summed E-state index contributed by atoms with van der Waals surface area (Å²) in [7, 11) is 1.33. The van der Waals surface area contributed by atoms with Crippen LogP contribution in [0.25, 0.3) is 0 Å². The van der Waals surface area contributed by atoms with E-state index in [4.69, 9.17) is 9.47 Å². The molecule has 0 bridgehead atoms. The standard InChI is InChI=1S/C26H25NO5/c1-26(2)15-20-5-4-6-22(23(20)32-26)31-16-17-7-9-18(10-8-17)24(28)27-21-13-11-19(12-14-21)25(29)30-3/h4-14H,15-16H2,1-3H3,(H,27,28). The molecule has 0 aromatic heterocycles. The molecule has 3 aromatic rings. The van der Waals surface area contributed by atoms with Crippen LogP contribution in [-0.2, 0) is 17.8 Å². The van der Waals surface area contributed by atoms with E-state index in [2.05, 4.69) is 30.0 Å². The number of para-hydroxylation sites is 1. The predicted molar refractivity (Wildman–Crippen MR) is 121 cm³/mol. The lowest BCUT2D eigenvalue weighted by Gasteiger charge is -2.18. The number of nitrogens with one attached hydrogen (secondary N) is 1. The quantitative estimate of drug-likeness (QED) is 0.555. The van der Waals surface area contributed by atoms with E-state index in [-0.39, 0.29) is 11.5 Å². The summed E-state index contributed by atoms with van der Waals surface area (Å²) in [5.41, 5.74) is 3.41. The normalized spacial score (nSPS) is 13.6. The zero-order valence-corrected chi connectivity index (χ0v) is 18.3. The Bertz CT molecular complexity index is 1130. The van der Waals surface area contributed by atoms with Gasteiger partial charge >= 0.3 is 5.97 Å². The third-order valence-electron chi connectivity index (χ3n) is 5.23. The van der Waals surface area contributed by atoms with Gasteiger partial charge in [-0.3, -0.25) is 4.79 Å². The van der Waals surface area contributed by atoms with Crippen molar-refractivity contribution in [1.29, 1.82) is 0 Å². The van der Waals surface area contributed by atoms with Crippen molar-refractivity contribution in [3.05, 3.63) is 89.0 Å². The lowest BCUT2D eigenvalue weighted by molar-refractivity contribution is 0.0600. The van der Waals surface area contributed by atoms with Crippen molar-refractivity contribution in [3.8, 4) is 11.5 Å². The second-order valence-corrected chi connectivity index (χ2v) is 8.29. The number of hydrogen-bond donors (Lipinski definition) is 1. The van der Waals surface area contributed by atoms with E-state index in [0.717, 1.165) is 29.0 Å². The molecule has 0 aliphatic carbocycles. The minimum absolute atomic E-state index is 0.226. The van der Waals surface area contributed by atoms with Crippen LogP contribution in [0.1, 0.15) is 45.7 Å². The predicted octanol–water partition coefficient (Wildman–Crippen LogP) is 5.02. The Kier molecular flexibility index (Phi) is 5.86. The summed E-state index contributed by atoms with van der Waals surface area (Å²) in [4.78, 5) is 24.0. The van der Waals surface area contributed by atoms with E-state index < -0.39 is 5.97 Å². The average molecular weight is 431 g/mol. The fourth-order valence-corrected chi connectivity index (χ4v) is 3.63. The Morgan fingerprint density at radius 1 is 0.969 bits per heavy atom. The Balaban J connectivity index is 1.36. The molecule has 1 amide bonds. The molecule has 1 aliphatic rings. The molecule has 0 saturated heterocycles. The van der Waals surface area contributed by atoms with E-state index in [1.54, 1.807) is 36.4 Å². The molecule has 4 rings (SSSR count). The fourth-order valence-electron chi connectivity index (χ4n) is 3.63. The van der Waals surface area contributed by atoms with E-state index in [1.165, 1.54) is 7.11 Å². The molecular weight excluding hydrogens is 406 g/mol. The second kappa shape index (κ2) is 8.75. The molecular formula is C26H25NO5. The van der Waals surface area contributed by atoms with Crippen LogP contribution in [-0.4, -0.2) is 24.6 Å². The number of hydrogen-bond acceptors (Lipinski definition) is 5. The minimum atomic E-state index is -0.420. The molecule has 0 fully saturated rings. The maximum absolute atomic E-state index is 12.5. The van der Waals surface area contributed by atoms with E-state index in [1.807, 2.05) is 24.3 Å². The van der Waals surface area contributed by atoms with Crippen molar-refractivity contribution < 1.29 is 23.8 Å². The zero-order chi connectivity index (χ0) is 22.7. The highest BCUT2D eigenvalue weighted by atomic mass is 16.5. The molecule has 0 saturated carbocycles. The Morgan fingerprint density at radius 3 is 2.34 bits per heavy atom. The number of amides is 1. The van der Waals surface area contributed by atoms with Crippen molar-refractivity contribution in [3.63, 3.8) is 0 Å². The van der Waals surface area contributed by atoms with E-state index in [0.29, 0.717) is 23.4 Å². The molecule has 0 unspecified atom stereocenters. The van der Waals surface area contributed by atoms with Crippen LogP contribution in [0, 0.1) is 0 Å². The van der Waals surface area contributed by atoms with Crippen LogP contribution in [0.15, 0.2) is 66.7 Å². The number of esters is 1. The van der Waals surface area contributed by atoms with Gasteiger partial charge in [0.2, 0.25) is 0 Å². The van der Waals surface area contributed by atoms with Crippen LogP contribution in [0.3, 0.4) is 0 Å². The number of anilines is 1. The fraction of sp³-hybridized carbons (Fsp3) is 0.231. The number of fused-ring (bicyclic) bond motifs is 1. The maximum atomic E-state index is 12.5. The smallest absolute Gasteiger partial charge is 0.337 e. The van der Waals surface area contributed by atoms with Crippen LogP contribution in [0.5, 0.6) is 11.5 Å². The first-order valence-electron chi connectivity index (χ1n) is 10.4. The number of carbonyl (C=O) groups excluding carboxylic acids is 2. The monoisotopic (exact) mass is 431 g/mol. The van der Waals surface area contributed by atoms with Crippen LogP contribution in [0.4, 0.5) is 5.69 Å². The highest BCUT2D eigenvalue weighted by molar-refractivity contribution is 6.04. The Hall–Kier alpha value is -3.80. The molecule has 164 valence electrons. The average Bonchev–Trinajstić information content (AvgIpc) is 3.12. The van der Waals surface area contributed by atoms with Gasteiger partial charge in [0.1, 0.15) is 12.2 Å². The van der Waals surface area contributed by atoms with Gasteiger partial charge < -0.3 is 19.5 Å². The Morgan fingerprint density at radius 2 is 1.66 bits per heavy atom. The van der Waals surface area contributed by atoms with Crippen molar-refractivity contribution in [2.45, 2.75) is 32.5 Å². The van der Waals surface area contributed by atoms with Crippen molar-refractivity contribution in [2.75, 3.05) is 12.4 Å². The van der Waals surface area contributed by atoms with Crippen molar-refractivity contribution >= 4 is 17.6 Å². The van der Waals surface area contributed by atoms with Crippen molar-refractivity contribution in [1.82, 2.24) is 0 Å². The van der Waals surface area contributed by atoms with Gasteiger partial charge in [0.05, 0.1) is 12.7 Å². The minimum Gasteiger partial charge on any atom is -0.485 e. The topological polar surface area (TPSA) is 73.9 Å². The first-order valence-corrected chi connectivity index (χ1v) is 10.4. The van der Waals surface area contributed by atoms with Gasteiger partial charge in [0.25, 0.3) is 5.91 Å². The van der Waals surface area contributed by atoms with Gasteiger partial charge in [-0.1, -0.05) is 24.3 Å². The second-order valence-electron chi connectivity index (χ2n) is 8.29. The number of ether oxygens (including phenoxy) is 3. The molecule has 0 spiro atoms. The van der Waals surface area contributed by atoms with Gasteiger partial charge in [0.15, 0.2) is 11.5 Å². The van der Waals surface area contributed by atoms with Gasteiger partial charge in [-0.05, 0) is 61.9 Å². The highest BCUT2D eigenvalue weighted by Gasteiger charge is 2.32. The molecule has 32 heavy (non-hydrogen) atoms. The van der Waals surface area contributed by atoms with Crippen molar-refractivity contribution in [2.24, 2.45) is 0 Å². The lowest BCUT2D eigenvalue weighted by atomic mass is 10.0. The third kappa shape index (κ3) is 4.75. The molecule has 3 aromatic carbocycles. The van der Waals surface area contributed by atoms with E-state index >= 15 is 0 Å². The summed E-state index contributed by atoms with van der Waals surface area (Å²) >= 11 is 0. The summed E-state index contributed by atoms with van der Waals surface area (Å²) in [6.45, 7) is 4.50. The van der Waals surface area contributed by atoms with Gasteiger partial charge in [-0.2, -0.15) is 0 Å². The summed E-state index contributed by atoms with van der Waals surface area (Å²) in [6, 6.07) is 19.7. The largest absolute Gasteiger partial charge is 0.485 e. The molecule has 6 heteroatoms. The van der Waals surface area contributed by atoms with Gasteiger partial charge in [-0.15, -0.1) is 0 Å². The maximum Gasteiger partial charge on any atom is 0.337 e. The molecule has 1 N–H and O–H groups in total. The first kappa shape index (κ1) is 21.4. The van der Waals surface area contributed by atoms with Crippen LogP contribution < -0.4 is 14.8 Å². The molecule has 1 aliphatic heterocycles. The molecule has 6 nitrogen and oxygen atoms in total. The zero-order valence-electron chi connectivity index (χ0n) is 18.3. The number of methoxy groups -OCH3 is 1. The Labute approximate surface area is 187 Å². The van der Waals surface area contributed by atoms with Gasteiger partial charge in [-0.25, -0.2) is 4.79 Å². The molecule has 1 heterocycles. The van der Waals surface area contributed by atoms with Crippen LogP contribution in [0.2, 0.25) is 0 Å². The number of carbonyl (C=O) groups is 2. The molecule has 0 radical (unpaired) electrons. The number of benzene rings is 3.